The zero-order chi connectivity index (χ0) is 21.2. The Bertz CT molecular complexity index is 871. The number of rotatable bonds is 8. The van der Waals surface area contributed by atoms with Gasteiger partial charge in [-0.15, -0.1) is 0 Å². The monoisotopic (exact) mass is 419 g/mol. The van der Waals surface area contributed by atoms with Crippen LogP contribution in [0.5, 0.6) is 11.5 Å². The van der Waals surface area contributed by atoms with E-state index in [1.165, 1.54) is 13.2 Å². The largest absolute Gasteiger partial charge is 0.493 e. The first-order valence-corrected chi connectivity index (χ1v) is 9.26. The normalized spacial score (nSPS) is 10.0. The predicted molar refractivity (Wildman–Crippen MR) is 108 cm³/mol. The van der Waals surface area contributed by atoms with E-state index in [1.54, 1.807) is 36.4 Å². The third-order valence-corrected chi connectivity index (χ3v) is 4.04. The number of hydrogen-bond acceptors (Lipinski definition) is 5. The lowest BCUT2D eigenvalue weighted by Gasteiger charge is -2.12. The van der Waals surface area contributed by atoms with Gasteiger partial charge in [-0.3, -0.25) is 25.2 Å². The summed E-state index contributed by atoms with van der Waals surface area (Å²) in [6.45, 7) is 2.42. The van der Waals surface area contributed by atoms with Crippen LogP contribution in [-0.2, 0) is 4.79 Å². The van der Waals surface area contributed by atoms with Crippen molar-refractivity contribution in [3.8, 4) is 11.5 Å². The molecule has 0 unspecified atom stereocenters. The molecular formula is C20H22ClN3O5. The highest BCUT2D eigenvalue weighted by Gasteiger charge is 2.12. The number of ether oxygens (including phenoxy) is 2. The number of carbonyl (C=O) groups is 3. The third-order valence-electron chi connectivity index (χ3n) is 3.79. The maximum Gasteiger partial charge on any atom is 0.269 e. The van der Waals surface area contributed by atoms with Gasteiger partial charge in [0.15, 0.2) is 11.5 Å². The fourth-order valence-electron chi connectivity index (χ4n) is 2.34. The SMILES string of the molecule is CCOc1ccc(C(=O)NNC(=O)CCNC(=O)c2ccc(Cl)cc2)cc1OC. The van der Waals surface area contributed by atoms with Crippen LogP contribution in [0.1, 0.15) is 34.1 Å². The zero-order valence-electron chi connectivity index (χ0n) is 16.1. The third kappa shape index (κ3) is 6.69. The van der Waals surface area contributed by atoms with Gasteiger partial charge in [-0.2, -0.15) is 0 Å². The summed E-state index contributed by atoms with van der Waals surface area (Å²) in [5.74, 6) is -0.347. The number of hydrogen-bond donors (Lipinski definition) is 3. The molecule has 0 saturated carbocycles. The first-order valence-electron chi connectivity index (χ1n) is 8.88. The van der Waals surface area contributed by atoms with Crippen molar-refractivity contribution in [3.05, 3.63) is 58.6 Å². The molecule has 0 radical (unpaired) electrons. The van der Waals surface area contributed by atoms with Crippen molar-refractivity contribution in [2.75, 3.05) is 20.3 Å². The summed E-state index contributed by atoms with van der Waals surface area (Å²) >= 11 is 5.77. The van der Waals surface area contributed by atoms with Gasteiger partial charge in [0.1, 0.15) is 0 Å². The van der Waals surface area contributed by atoms with Crippen LogP contribution in [0.15, 0.2) is 42.5 Å². The van der Waals surface area contributed by atoms with Gasteiger partial charge in [0.05, 0.1) is 13.7 Å². The van der Waals surface area contributed by atoms with E-state index < -0.39 is 11.8 Å². The van der Waals surface area contributed by atoms with E-state index in [0.29, 0.717) is 34.3 Å². The van der Waals surface area contributed by atoms with Crippen LogP contribution in [0.2, 0.25) is 5.02 Å². The highest BCUT2D eigenvalue weighted by molar-refractivity contribution is 6.30. The fourth-order valence-corrected chi connectivity index (χ4v) is 2.46. The quantitative estimate of drug-likeness (QED) is 0.569. The molecule has 0 heterocycles. The standard InChI is InChI=1S/C20H22ClN3O5/c1-3-29-16-9-6-14(12-17(16)28-2)20(27)24-23-18(25)10-11-22-19(26)13-4-7-15(21)8-5-13/h4-9,12H,3,10-11H2,1-2H3,(H,22,26)(H,23,25)(H,24,27). The van der Waals surface area contributed by atoms with E-state index in [-0.39, 0.29) is 18.9 Å². The number of amides is 3. The van der Waals surface area contributed by atoms with Crippen LogP contribution in [0.4, 0.5) is 0 Å². The second kappa shape index (κ2) is 10.9. The van der Waals surface area contributed by atoms with E-state index in [0.717, 1.165) is 0 Å². The van der Waals surface area contributed by atoms with Gasteiger partial charge >= 0.3 is 0 Å². The van der Waals surface area contributed by atoms with Gasteiger partial charge in [-0.1, -0.05) is 11.6 Å². The molecule has 0 spiro atoms. The Morgan fingerprint density at radius 3 is 2.28 bits per heavy atom. The van der Waals surface area contributed by atoms with Crippen molar-refractivity contribution >= 4 is 29.3 Å². The maximum atomic E-state index is 12.2. The molecule has 0 aliphatic heterocycles. The number of nitrogens with one attached hydrogen (secondary N) is 3. The minimum absolute atomic E-state index is 0.00773. The van der Waals surface area contributed by atoms with Crippen LogP contribution < -0.4 is 25.6 Å². The number of hydrazine groups is 1. The van der Waals surface area contributed by atoms with E-state index in [1.807, 2.05) is 6.92 Å². The summed E-state index contributed by atoms with van der Waals surface area (Å²) in [7, 11) is 1.47. The summed E-state index contributed by atoms with van der Waals surface area (Å²) in [5, 5.41) is 3.15. The Hall–Kier alpha value is -3.26. The van der Waals surface area contributed by atoms with Crippen LogP contribution in [-0.4, -0.2) is 38.0 Å². The van der Waals surface area contributed by atoms with Crippen molar-refractivity contribution < 1.29 is 23.9 Å². The molecule has 3 N–H and O–H groups in total. The molecule has 9 heteroatoms. The molecule has 0 aromatic heterocycles. The lowest BCUT2D eigenvalue weighted by Crippen LogP contribution is -2.42. The molecule has 154 valence electrons. The lowest BCUT2D eigenvalue weighted by atomic mass is 10.2. The summed E-state index contributed by atoms with van der Waals surface area (Å²) < 4.78 is 10.6. The Morgan fingerprint density at radius 2 is 1.62 bits per heavy atom. The number of methoxy groups -OCH3 is 1. The van der Waals surface area contributed by atoms with Crippen LogP contribution in [0.25, 0.3) is 0 Å². The van der Waals surface area contributed by atoms with Crippen molar-refractivity contribution in [2.45, 2.75) is 13.3 Å². The number of halogens is 1. The Morgan fingerprint density at radius 1 is 0.931 bits per heavy atom. The molecule has 0 fully saturated rings. The van der Waals surface area contributed by atoms with Gasteiger partial charge in [0.2, 0.25) is 5.91 Å². The fraction of sp³-hybridized carbons (Fsp3) is 0.250. The van der Waals surface area contributed by atoms with Gasteiger partial charge in [-0.05, 0) is 49.4 Å². The van der Waals surface area contributed by atoms with E-state index in [4.69, 9.17) is 21.1 Å². The van der Waals surface area contributed by atoms with Gasteiger partial charge in [0, 0.05) is 29.1 Å². The van der Waals surface area contributed by atoms with E-state index in [9.17, 15) is 14.4 Å². The van der Waals surface area contributed by atoms with Gasteiger partial charge < -0.3 is 14.8 Å². The molecule has 0 bridgehead atoms. The first kappa shape index (κ1) is 22.0. The molecular weight excluding hydrogens is 398 g/mol. The molecule has 0 aliphatic carbocycles. The second-order valence-corrected chi connectivity index (χ2v) is 6.25. The summed E-state index contributed by atoms with van der Waals surface area (Å²) in [4.78, 5) is 36.0. The van der Waals surface area contributed by atoms with Crippen LogP contribution in [0.3, 0.4) is 0 Å². The first-order chi connectivity index (χ1) is 13.9. The topological polar surface area (TPSA) is 106 Å². The van der Waals surface area contributed by atoms with E-state index in [2.05, 4.69) is 16.2 Å². The molecule has 0 aliphatic rings. The minimum atomic E-state index is -0.509. The highest BCUT2D eigenvalue weighted by Crippen LogP contribution is 2.27. The lowest BCUT2D eigenvalue weighted by molar-refractivity contribution is -0.121. The minimum Gasteiger partial charge on any atom is -0.493 e. The van der Waals surface area contributed by atoms with Crippen LogP contribution in [0, 0.1) is 0 Å². The number of carbonyl (C=O) groups excluding carboxylic acids is 3. The zero-order valence-corrected chi connectivity index (χ0v) is 16.8. The molecule has 29 heavy (non-hydrogen) atoms. The summed E-state index contributed by atoms with van der Waals surface area (Å²) in [6, 6.07) is 11.1. The second-order valence-electron chi connectivity index (χ2n) is 5.81. The molecule has 3 amide bonds. The van der Waals surface area contributed by atoms with Crippen molar-refractivity contribution in [2.24, 2.45) is 0 Å². The van der Waals surface area contributed by atoms with Gasteiger partial charge in [-0.25, -0.2) is 0 Å². The highest BCUT2D eigenvalue weighted by atomic mass is 35.5. The van der Waals surface area contributed by atoms with E-state index >= 15 is 0 Å². The molecule has 8 nitrogen and oxygen atoms in total. The van der Waals surface area contributed by atoms with Crippen LogP contribution >= 0.6 is 11.6 Å². The molecule has 2 aromatic rings. The van der Waals surface area contributed by atoms with Crippen molar-refractivity contribution in [1.82, 2.24) is 16.2 Å². The Labute approximate surface area is 173 Å². The summed E-state index contributed by atoms with van der Waals surface area (Å²) in [6.07, 6.45) is -0.00773. The Balaban J connectivity index is 1.77. The number of benzene rings is 2. The predicted octanol–water partition coefficient (Wildman–Crippen LogP) is 2.33. The van der Waals surface area contributed by atoms with Gasteiger partial charge in [0.25, 0.3) is 11.8 Å². The van der Waals surface area contributed by atoms with Crippen molar-refractivity contribution in [1.29, 1.82) is 0 Å². The molecule has 2 rings (SSSR count). The summed E-state index contributed by atoms with van der Waals surface area (Å²) in [5.41, 5.74) is 5.35. The van der Waals surface area contributed by atoms with Crippen molar-refractivity contribution in [3.63, 3.8) is 0 Å². The Kier molecular flexibility index (Phi) is 8.29. The maximum absolute atomic E-state index is 12.2. The molecule has 2 aromatic carbocycles. The smallest absolute Gasteiger partial charge is 0.269 e. The molecule has 0 saturated heterocycles. The molecule has 0 atom stereocenters. The average molecular weight is 420 g/mol. The average Bonchev–Trinajstić information content (AvgIpc) is 2.72.